The number of hydrogen-bond donors (Lipinski definition) is 0. The van der Waals surface area contributed by atoms with Crippen molar-refractivity contribution in [3.05, 3.63) is 40.4 Å². The standard InChI is InChI=1S/C13H16Cl2O/c1-4-6-9(5-2)11-7-10(14)8-12(15)13(11)16-3/h4,7-9H,1,5-6H2,2-3H3. The second kappa shape index (κ2) is 6.17. The Kier molecular flexibility index (Phi) is 5.17. The number of rotatable bonds is 5. The molecule has 1 unspecified atom stereocenters. The Bertz CT molecular complexity index is 374. The summed E-state index contributed by atoms with van der Waals surface area (Å²) < 4.78 is 5.34. The van der Waals surface area contributed by atoms with Crippen molar-refractivity contribution in [2.75, 3.05) is 7.11 Å². The first-order valence-electron chi connectivity index (χ1n) is 5.27. The third-order valence-electron chi connectivity index (χ3n) is 2.63. The minimum atomic E-state index is 0.351. The molecule has 0 amide bonds. The zero-order chi connectivity index (χ0) is 12.1. The second-order valence-electron chi connectivity index (χ2n) is 3.64. The van der Waals surface area contributed by atoms with Gasteiger partial charge < -0.3 is 4.74 Å². The number of halogens is 2. The lowest BCUT2D eigenvalue weighted by Gasteiger charge is -2.18. The molecule has 1 atom stereocenters. The van der Waals surface area contributed by atoms with Crippen LogP contribution in [0.15, 0.2) is 24.8 Å². The molecule has 0 N–H and O–H groups in total. The Hall–Kier alpha value is -0.660. The molecule has 0 heterocycles. The fourth-order valence-corrected chi connectivity index (χ4v) is 2.40. The minimum Gasteiger partial charge on any atom is -0.495 e. The summed E-state index contributed by atoms with van der Waals surface area (Å²) in [6.45, 7) is 5.89. The summed E-state index contributed by atoms with van der Waals surface area (Å²) in [6, 6.07) is 3.62. The van der Waals surface area contributed by atoms with E-state index in [-0.39, 0.29) is 0 Å². The number of allylic oxidation sites excluding steroid dienone is 1. The topological polar surface area (TPSA) is 9.23 Å². The number of hydrogen-bond acceptors (Lipinski definition) is 1. The Morgan fingerprint density at radius 2 is 2.12 bits per heavy atom. The van der Waals surface area contributed by atoms with Gasteiger partial charge in [-0.2, -0.15) is 0 Å². The maximum Gasteiger partial charge on any atom is 0.141 e. The highest BCUT2D eigenvalue weighted by molar-refractivity contribution is 6.35. The van der Waals surface area contributed by atoms with Crippen molar-refractivity contribution in [3.8, 4) is 5.75 Å². The van der Waals surface area contributed by atoms with E-state index in [9.17, 15) is 0 Å². The van der Waals surface area contributed by atoms with Crippen LogP contribution in [0.1, 0.15) is 31.2 Å². The lowest BCUT2D eigenvalue weighted by atomic mass is 9.92. The van der Waals surface area contributed by atoms with Gasteiger partial charge >= 0.3 is 0 Å². The first kappa shape index (κ1) is 13.4. The Morgan fingerprint density at radius 3 is 2.62 bits per heavy atom. The molecule has 0 aliphatic carbocycles. The average molecular weight is 259 g/mol. The first-order chi connectivity index (χ1) is 7.63. The largest absolute Gasteiger partial charge is 0.495 e. The fourth-order valence-electron chi connectivity index (χ4n) is 1.81. The third-order valence-corrected chi connectivity index (χ3v) is 3.12. The van der Waals surface area contributed by atoms with Gasteiger partial charge in [0, 0.05) is 10.6 Å². The van der Waals surface area contributed by atoms with Crippen LogP contribution in [0.3, 0.4) is 0 Å². The molecule has 3 heteroatoms. The molecule has 0 spiro atoms. The number of ether oxygens (including phenoxy) is 1. The van der Waals surface area contributed by atoms with Gasteiger partial charge in [-0.1, -0.05) is 36.2 Å². The summed E-state index contributed by atoms with van der Waals surface area (Å²) in [7, 11) is 1.62. The fraction of sp³-hybridized carbons (Fsp3) is 0.385. The van der Waals surface area contributed by atoms with Crippen molar-refractivity contribution in [1.29, 1.82) is 0 Å². The second-order valence-corrected chi connectivity index (χ2v) is 4.48. The van der Waals surface area contributed by atoms with Crippen LogP contribution in [0.5, 0.6) is 5.75 Å². The number of benzene rings is 1. The Labute approximate surface area is 107 Å². The molecule has 0 bridgehead atoms. The molecule has 0 saturated heterocycles. The van der Waals surface area contributed by atoms with Crippen LogP contribution >= 0.6 is 23.2 Å². The van der Waals surface area contributed by atoms with Crippen molar-refractivity contribution in [1.82, 2.24) is 0 Å². The van der Waals surface area contributed by atoms with Gasteiger partial charge in [-0.25, -0.2) is 0 Å². The third kappa shape index (κ3) is 2.93. The Morgan fingerprint density at radius 1 is 1.44 bits per heavy atom. The minimum absolute atomic E-state index is 0.351. The molecule has 0 aromatic heterocycles. The van der Waals surface area contributed by atoms with Crippen LogP contribution in [-0.4, -0.2) is 7.11 Å². The van der Waals surface area contributed by atoms with E-state index in [2.05, 4.69) is 13.5 Å². The predicted octanol–water partition coefficient (Wildman–Crippen LogP) is 5.07. The van der Waals surface area contributed by atoms with Crippen LogP contribution in [0.25, 0.3) is 0 Å². The van der Waals surface area contributed by atoms with Gasteiger partial charge in [-0.05, 0) is 30.9 Å². The van der Waals surface area contributed by atoms with E-state index < -0.39 is 0 Å². The first-order valence-corrected chi connectivity index (χ1v) is 6.03. The highest BCUT2D eigenvalue weighted by Crippen LogP contribution is 2.39. The summed E-state index contributed by atoms with van der Waals surface area (Å²) >= 11 is 12.1. The van der Waals surface area contributed by atoms with Gasteiger partial charge in [-0.15, -0.1) is 6.58 Å². The molecular formula is C13H16Cl2O. The van der Waals surface area contributed by atoms with Crippen LogP contribution in [0, 0.1) is 0 Å². The van der Waals surface area contributed by atoms with Crippen molar-refractivity contribution >= 4 is 23.2 Å². The van der Waals surface area contributed by atoms with Crippen LogP contribution in [-0.2, 0) is 0 Å². The average Bonchev–Trinajstić information content (AvgIpc) is 2.25. The highest BCUT2D eigenvalue weighted by Gasteiger charge is 2.16. The molecule has 1 aromatic rings. The van der Waals surface area contributed by atoms with Crippen molar-refractivity contribution in [2.45, 2.75) is 25.7 Å². The van der Waals surface area contributed by atoms with E-state index in [1.54, 1.807) is 13.2 Å². The lowest BCUT2D eigenvalue weighted by Crippen LogP contribution is -2.00. The normalized spacial score (nSPS) is 12.2. The van der Waals surface area contributed by atoms with Crippen LogP contribution < -0.4 is 4.74 Å². The molecule has 0 aliphatic rings. The molecule has 0 aliphatic heterocycles. The van der Waals surface area contributed by atoms with Crippen LogP contribution in [0.4, 0.5) is 0 Å². The Balaban J connectivity index is 3.22. The van der Waals surface area contributed by atoms with Crippen molar-refractivity contribution in [2.24, 2.45) is 0 Å². The van der Waals surface area contributed by atoms with E-state index in [4.69, 9.17) is 27.9 Å². The van der Waals surface area contributed by atoms with E-state index >= 15 is 0 Å². The van der Waals surface area contributed by atoms with Crippen LogP contribution in [0.2, 0.25) is 10.0 Å². The molecule has 0 saturated carbocycles. The SMILES string of the molecule is C=CCC(CC)c1cc(Cl)cc(Cl)c1OC. The lowest BCUT2D eigenvalue weighted by molar-refractivity contribution is 0.405. The summed E-state index contributed by atoms with van der Waals surface area (Å²) in [5.74, 6) is 1.07. The quantitative estimate of drug-likeness (QED) is 0.670. The predicted molar refractivity (Wildman–Crippen MR) is 70.9 cm³/mol. The molecule has 1 nitrogen and oxygen atoms in total. The summed E-state index contributed by atoms with van der Waals surface area (Å²) in [6.07, 6.45) is 3.80. The van der Waals surface area contributed by atoms with Crippen molar-refractivity contribution < 1.29 is 4.74 Å². The monoisotopic (exact) mass is 258 g/mol. The smallest absolute Gasteiger partial charge is 0.141 e. The maximum absolute atomic E-state index is 6.10. The van der Waals surface area contributed by atoms with Gasteiger partial charge in [0.25, 0.3) is 0 Å². The van der Waals surface area contributed by atoms with Gasteiger partial charge in [0.05, 0.1) is 12.1 Å². The van der Waals surface area contributed by atoms with Gasteiger partial charge in [-0.3, -0.25) is 0 Å². The van der Waals surface area contributed by atoms with Crippen molar-refractivity contribution in [3.63, 3.8) is 0 Å². The highest BCUT2D eigenvalue weighted by atomic mass is 35.5. The summed E-state index contributed by atoms with van der Waals surface area (Å²) in [4.78, 5) is 0. The molecule has 0 fully saturated rings. The summed E-state index contributed by atoms with van der Waals surface area (Å²) in [5.41, 5.74) is 1.06. The van der Waals surface area contributed by atoms with Gasteiger partial charge in [0.1, 0.15) is 5.75 Å². The van der Waals surface area contributed by atoms with E-state index in [0.717, 1.165) is 24.2 Å². The summed E-state index contributed by atoms with van der Waals surface area (Å²) in [5, 5.41) is 1.20. The molecule has 16 heavy (non-hydrogen) atoms. The van der Waals surface area contributed by atoms with E-state index in [0.29, 0.717) is 16.0 Å². The molecular weight excluding hydrogens is 243 g/mol. The molecule has 88 valence electrons. The van der Waals surface area contributed by atoms with E-state index in [1.165, 1.54) is 0 Å². The number of methoxy groups -OCH3 is 1. The molecule has 0 radical (unpaired) electrons. The van der Waals surface area contributed by atoms with E-state index in [1.807, 2.05) is 12.1 Å². The zero-order valence-corrected chi connectivity index (χ0v) is 11.1. The molecule has 1 rings (SSSR count). The zero-order valence-electron chi connectivity index (χ0n) is 9.59. The molecule has 1 aromatic carbocycles. The van der Waals surface area contributed by atoms with Gasteiger partial charge in [0.15, 0.2) is 0 Å². The van der Waals surface area contributed by atoms with Gasteiger partial charge in [0.2, 0.25) is 0 Å². The maximum atomic E-state index is 6.10.